The first-order valence-corrected chi connectivity index (χ1v) is 9.19. The molecule has 0 unspecified atom stereocenters. The number of halogens is 1. The third-order valence-corrected chi connectivity index (χ3v) is 4.48. The molecule has 6 heteroatoms. The van der Waals surface area contributed by atoms with E-state index >= 15 is 0 Å². The molecule has 1 fully saturated rings. The van der Waals surface area contributed by atoms with E-state index in [1.54, 1.807) is 42.5 Å². The summed E-state index contributed by atoms with van der Waals surface area (Å²) in [6.07, 6.45) is 1.59. The lowest BCUT2D eigenvalue weighted by atomic mass is 10.1. The Hall–Kier alpha value is -3.70. The molecule has 2 aromatic carbocycles. The maximum absolute atomic E-state index is 13.1. The monoisotopic (exact) mass is 404 g/mol. The Morgan fingerprint density at radius 1 is 0.966 bits per heavy atom. The summed E-state index contributed by atoms with van der Waals surface area (Å²) >= 11 is 5.82. The van der Waals surface area contributed by atoms with Crippen molar-refractivity contribution < 1.29 is 13.9 Å². The van der Waals surface area contributed by atoms with Crippen molar-refractivity contribution in [2.75, 3.05) is 4.90 Å². The number of furan rings is 1. The zero-order valence-electron chi connectivity index (χ0n) is 15.4. The molecule has 0 bridgehead atoms. The van der Waals surface area contributed by atoms with Crippen LogP contribution in [0.1, 0.15) is 5.76 Å². The molecule has 1 aliphatic rings. The number of rotatable bonds is 4. The summed E-state index contributed by atoms with van der Waals surface area (Å²) in [6.45, 7) is 7.84. The number of benzene rings is 2. The predicted molar refractivity (Wildman–Crippen MR) is 114 cm³/mol. The van der Waals surface area contributed by atoms with Gasteiger partial charge in [-0.05, 0) is 66.2 Å². The average molecular weight is 405 g/mol. The van der Waals surface area contributed by atoms with Crippen molar-refractivity contribution in [3.63, 3.8) is 0 Å². The van der Waals surface area contributed by atoms with Gasteiger partial charge in [0.05, 0.1) is 11.3 Å². The van der Waals surface area contributed by atoms with Crippen LogP contribution in [-0.4, -0.2) is 5.91 Å². The van der Waals surface area contributed by atoms with Crippen LogP contribution in [-0.2, 0) is 4.79 Å². The summed E-state index contributed by atoms with van der Waals surface area (Å²) in [5.74, 6) is 1.99. The molecule has 3 aromatic rings. The minimum absolute atomic E-state index is 0.244. The van der Waals surface area contributed by atoms with Gasteiger partial charge >= 0.3 is 0 Å². The fourth-order valence-corrected chi connectivity index (χ4v) is 3.08. The van der Waals surface area contributed by atoms with Crippen molar-refractivity contribution in [1.82, 2.24) is 5.32 Å². The van der Waals surface area contributed by atoms with E-state index in [2.05, 4.69) is 18.5 Å². The van der Waals surface area contributed by atoms with Crippen molar-refractivity contribution in [2.24, 2.45) is 0 Å². The number of amides is 1. The van der Waals surface area contributed by atoms with E-state index in [1.807, 2.05) is 30.3 Å². The third kappa shape index (κ3) is 3.95. The molecule has 1 aromatic heterocycles. The highest BCUT2D eigenvalue weighted by Gasteiger charge is 2.30. The Bertz CT molecular complexity index is 1110. The molecule has 0 radical (unpaired) electrons. The van der Waals surface area contributed by atoms with Crippen LogP contribution in [0.2, 0.25) is 5.22 Å². The molecule has 144 valence electrons. The number of anilines is 1. The summed E-state index contributed by atoms with van der Waals surface area (Å²) in [5, 5.41) is 3.28. The lowest BCUT2D eigenvalue weighted by molar-refractivity contribution is -0.114. The quantitative estimate of drug-likeness (QED) is 0.564. The Morgan fingerprint density at radius 3 is 2.31 bits per heavy atom. The molecule has 0 aliphatic carbocycles. The fourth-order valence-electron chi connectivity index (χ4n) is 2.93. The molecule has 5 nitrogen and oxygen atoms in total. The normalized spacial score (nSPS) is 15.6. The maximum Gasteiger partial charge on any atom is 0.266 e. The van der Waals surface area contributed by atoms with Crippen molar-refractivity contribution in [1.29, 1.82) is 0 Å². The van der Waals surface area contributed by atoms with E-state index in [1.165, 1.54) is 4.90 Å². The van der Waals surface area contributed by atoms with Crippen molar-refractivity contribution in [3.8, 4) is 11.5 Å². The van der Waals surface area contributed by atoms with E-state index in [-0.39, 0.29) is 11.1 Å². The second kappa shape index (κ2) is 7.73. The number of hydrogen-bond acceptors (Lipinski definition) is 4. The maximum atomic E-state index is 13.1. The van der Waals surface area contributed by atoms with E-state index < -0.39 is 0 Å². The lowest BCUT2D eigenvalue weighted by Crippen LogP contribution is -2.43. The van der Waals surface area contributed by atoms with Crippen LogP contribution < -0.4 is 15.0 Å². The molecule has 0 saturated carbocycles. The molecule has 0 spiro atoms. The standard InChI is InChI=1S/C23H17ClN2O3/c1-15-21(14-20-12-13-22(24)29-20)23(27)26(16(2)25-15)17-8-10-19(11-9-17)28-18-6-4-3-5-7-18/h3-14,25H,1-2H2/b21-14+. The number of para-hydroxylation sites is 1. The number of hydrogen-bond donors (Lipinski definition) is 1. The SMILES string of the molecule is C=C1NC(=C)N(c2ccc(Oc3ccccc3)cc2)C(=O)/C1=C/c1ccc(Cl)o1. The summed E-state index contributed by atoms with van der Waals surface area (Å²) in [5.41, 5.74) is 1.43. The van der Waals surface area contributed by atoms with Gasteiger partial charge in [0.25, 0.3) is 5.91 Å². The molecule has 1 aliphatic heterocycles. The van der Waals surface area contributed by atoms with Crippen LogP contribution in [0.3, 0.4) is 0 Å². The van der Waals surface area contributed by atoms with Crippen LogP contribution in [0.25, 0.3) is 6.08 Å². The first-order valence-electron chi connectivity index (χ1n) is 8.81. The van der Waals surface area contributed by atoms with Gasteiger partial charge in [-0.3, -0.25) is 9.69 Å². The second-order valence-corrected chi connectivity index (χ2v) is 6.67. The average Bonchev–Trinajstić information content (AvgIpc) is 3.12. The van der Waals surface area contributed by atoms with Crippen molar-refractivity contribution in [3.05, 3.63) is 108 Å². The van der Waals surface area contributed by atoms with E-state index in [9.17, 15) is 4.79 Å². The molecular weight excluding hydrogens is 388 g/mol. The highest BCUT2D eigenvalue weighted by molar-refractivity contribution is 6.28. The fraction of sp³-hybridized carbons (Fsp3) is 0. The van der Waals surface area contributed by atoms with Crippen LogP contribution in [0.4, 0.5) is 5.69 Å². The molecule has 1 saturated heterocycles. The molecular formula is C23H17ClN2O3. The van der Waals surface area contributed by atoms with Gasteiger partial charge < -0.3 is 14.5 Å². The molecule has 1 amide bonds. The zero-order valence-corrected chi connectivity index (χ0v) is 16.1. The third-order valence-electron chi connectivity index (χ3n) is 4.28. The van der Waals surface area contributed by atoms with Crippen LogP contribution in [0.5, 0.6) is 11.5 Å². The van der Waals surface area contributed by atoms with Gasteiger partial charge in [-0.2, -0.15) is 0 Å². The molecule has 2 heterocycles. The molecule has 0 atom stereocenters. The van der Waals surface area contributed by atoms with E-state index in [0.29, 0.717) is 34.3 Å². The number of nitrogens with zero attached hydrogens (tertiary/aromatic N) is 1. The van der Waals surface area contributed by atoms with Gasteiger partial charge in [0, 0.05) is 5.70 Å². The number of carbonyl (C=O) groups is 1. The van der Waals surface area contributed by atoms with Crippen LogP contribution in [0, 0.1) is 0 Å². The molecule has 29 heavy (non-hydrogen) atoms. The van der Waals surface area contributed by atoms with Crippen LogP contribution in [0.15, 0.2) is 101 Å². The summed E-state index contributed by atoms with van der Waals surface area (Å²) < 4.78 is 11.1. The first-order chi connectivity index (χ1) is 14.0. The topological polar surface area (TPSA) is 54.7 Å². The zero-order chi connectivity index (χ0) is 20.4. The molecule has 4 rings (SSSR count). The number of carbonyl (C=O) groups excluding carboxylic acids is 1. The van der Waals surface area contributed by atoms with Gasteiger partial charge in [0.1, 0.15) is 23.1 Å². The van der Waals surface area contributed by atoms with Gasteiger partial charge in [-0.1, -0.05) is 31.4 Å². The van der Waals surface area contributed by atoms with Crippen molar-refractivity contribution >= 4 is 29.3 Å². The first kappa shape index (κ1) is 18.7. The Kier molecular flexibility index (Phi) is 4.97. The smallest absolute Gasteiger partial charge is 0.266 e. The number of nitrogens with one attached hydrogen (secondary N) is 1. The highest BCUT2D eigenvalue weighted by atomic mass is 35.5. The minimum Gasteiger partial charge on any atom is -0.457 e. The summed E-state index contributed by atoms with van der Waals surface area (Å²) in [7, 11) is 0. The number of ether oxygens (including phenoxy) is 1. The minimum atomic E-state index is -0.275. The van der Waals surface area contributed by atoms with E-state index in [0.717, 1.165) is 5.75 Å². The largest absolute Gasteiger partial charge is 0.457 e. The summed E-state index contributed by atoms with van der Waals surface area (Å²) in [4.78, 5) is 14.6. The summed E-state index contributed by atoms with van der Waals surface area (Å²) in [6, 6.07) is 19.9. The Balaban J connectivity index is 1.59. The van der Waals surface area contributed by atoms with Gasteiger partial charge in [-0.15, -0.1) is 0 Å². The molecule has 1 N–H and O–H groups in total. The van der Waals surface area contributed by atoms with Crippen LogP contribution >= 0.6 is 11.6 Å². The Labute approximate surface area is 173 Å². The second-order valence-electron chi connectivity index (χ2n) is 6.30. The van der Waals surface area contributed by atoms with Gasteiger partial charge in [0.15, 0.2) is 5.22 Å². The van der Waals surface area contributed by atoms with Crippen molar-refractivity contribution in [2.45, 2.75) is 0 Å². The predicted octanol–water partition coefficient (Wildman–Crippen LogP) is 5.73. The Morgan fingerprint density at radius 2 is 1.66 bits per heavy atom. The van der Waals surface area contributed by atoms with Gasteiger partial charge in [0.2, 0.25) is 0 Å². The highest BCUT2D eigenvalue weighted by Crippen LogP contribution is 2.31. The van der Waals surface area contributed by atoms with E-state index in [4.69, 9.17) is 20.8 Å². The lowest BCUT2D eigenvalue weighted by Gasteiger charge is -2.32. The van der Waals surface area contributed by atoms with Gasteiger partial charge in [-0.25, -0.2) is 0 Å².